The van der Waals surface area contributed by atoms with Gasteiger partial charge in [-0.3, -0.25) is 4.79 Å². The summed E-state index contributed by atoms with van der Waals surface area (Å²) in [4.78, 5) is 10.8. The molecule has 0 saturated heterocycles. The Bertz CT molecular complexity index is 1070. The lowest BCUT2D eigenvalue weighted by atomic mass is 9.97. The lowest BCUT2D eigenvalue weighted by Gasteiger charge is -2.14. The summed E-state index contributed by atoms with van der Waals surface area (Å²) in [7, 11) is 0. The Morgan fingerprint density at radius 1 is 1.06 bits per heavy atom. The fraction of sp³-hybridized carbons (Fsp3) is 0.269. The van der Waals surface area contributed by atoms with Crippen LogP contribution in [-0.4, -0.2) is 38.1 Å². The van der Waals surface area contributed by atoms with Gasteiger partial charge in [0.15, 0.2) is 0 Å². The van der Waals surface area contributed by atoms with Gasteiger partial charge in [-0.25, -0.2) is 4.39 Å². The summed E-state index contributed by atoms with van der Waals surface area (Å²) in [6.45, 7) is 4.15. The van der Waals surface area contributed by atoms with Gasteiger partial charge >= 0.3 is 5.97 Å². The molecular formula is C26H28FNO4. The molecule has 0 amide bonds. The number of hydrogen-bond donors (Lipinski definition) is 3. The molecule has 6 heteroatoms. The molecule has 3 N–H and O–H groups in total. The fourth-order valence-electron chi connectivity index (χ4n) is 3.81. The van der Waals surface area contributed by atoms with Crippen LogP contribution in [0.25, 0.3) is 22.9 Å². The van der Waals surface area contributed by atoms with Gasteiger partial charge in [-0.05, 0) is 35.7 Å². The molecule has 2 aromatic carbocycles. The Morgan fingerprint density at radius 3 is 2.31 bits per heavy atom. The van der Waals surface area contributed by atoms with Gasteiger partial charge in [-0.1, -0.05) is 56.3 Å². The number of aliphatic hydroxyl groups is 2. The third-order valence-electron chi connectivity index (χ3n) is 5.23. The van der Waals surface area contributed by atoms with E-state index in [4.69, 9.17) is 5.11 Å². The van der Waals surface area contributed by atoms with Gasteiger partial charge < -0.3 is 19.9 Å². The molecule has 0 saturated carbocycles. The second kappa shape index (κ2) is 10.4. The molecule has 2 atom stereocenters. The lowest BCUT2D eigenvalue weighted by Crippen LogP contribution is -2.19. The van der Waals surface area contributed by atoms with Crippen molar-refractivity contribution in [3.63, 3.8) is 0 Å². The smallest absolute Gasteiger partial charge is 0.305 e. The fourth-order valence-corrected chi connectivity index (χ4v) is 3.81. The molecule has 0 spiro atoms. The highest BCUT2D eigenvalue weighted by atomic mass is 19.1. The van der Waals surface area contributed by atoms with Crippen LogP contribution < -0.4 is 0 Å². The monoisotopic (exact) mass is 437 g/mol. The van der Waals surface area contributed by atoms with Crippen LogP contribution >= 0.6 is 0 Å². The normalized spacial score (nSPS) is 13.6. The average Bonchev–Trinajstić information content (AvgIpc) is 3.12. The zero-order valence-corrected chi connectivity index (χ0v) is 18.1. The number of halogens is 1. The van der Waals surface area contributed by atoms with Crippen LogP contribution in [0.15, 0.2) is 66.9 Å². The molecule has 0 radical (unpaired) electrons. The number of benzene rings is 2. The highest BCUT2D eigenvalue weighted by Gasteiger charge is 2.20. The van der Waals surface area contributed by atoms with Crippen molar-refractivity contribution in [3.05, 3.63) is 83.9 Å². The SMILES string of the molecule is CC(C)c1c(/C=C/C(O)CC(O)CC(=O)O)c(-c2ccc(F)cc2)cn1-c1ccccc1. The van der Waals surface area contributed by atoms with Crippen molar-refractivity contribution >= 4 is 12.0 Å². The van der Waals surface area contributed by atoms with Crippen molar-refractivity contribution in [2.45, 2.75) is 44.8 Å². The Balaban J connectivity index is 2.06. The van der Waals surface area contributed by atoms with Crippen LogP contribution in [0.5, 0.6) is 0 Å². The first-order chi connectivity index (χ1) is 15.3. The Kier molecular flexibility index (Phi) is 7.62. The number of rotatable bonds is 9. The summed E-state index contributed by atoms with van der Waals surface area (Å²) >= 11 is 0. The van der Waals surface area contributed by atoms with Gasteiger partial charge in [-0.15, -0.1) is 0 Å². The van der Waals surface area contributed by atoms with Gasteiger partial charge in [0, 0.05) is 35.1 Å². The number of carboxylic acids is 1. The number of nitrogens with zero attached hydrogens (tertiary/aromatic N) is 1. The Morgan fingerprint density at radius 2 is 1.72 bits per heavy atom. The van der Waals surface area contributed by atoms with Crippen LogP contribution in [0.4, 0.5) is 4.39 Å². The van der Waals surface area contributed by atoms with E-state index < -0.39 is 24.6 Å². The zero-order valence-electron chi connectivity index (χ0n) is 18.1. The Hall–Kier alpha value is -3.22. The molecule has 0 fully saturated rings. The first-order valence-corrected chi connectivity index (χ1v) is 10.6. The lowest BCUT2D eigenvalue weighted by molar-refractivity contribution is -0.139. The molecule has 168 valence electrons. The Labute approximate surface area is 187 Å². The van der Waals surface area contributed by atoms with Crippen LogP contribution in [0, 0.1) is 5.82 Å². The molecule has 0 aliphatic carbocycles. The molecule has 3 aromatic rings. The molecule has 3 rings (SSSR count). The molecule has 32 heavy (non-hydrogen) atoms. The molecule has 2 unspecified atom stereocenters. The summed E-state index contributed by atoms with van der Waals surface area (Å²) in [6.07, 6.45) is 2.72. The minimum absolute atomic E-state index is 0.0783. The molecule has 1 aromatic heterocycles. The topological polar surface area (TPSA) is 82.7 Å². The van der Waals surface area contributed by atoms with Gasteiger partial charge in [0.1, 0.15) is 5.82 Å². The maximum absolute atomic E-state index is 13.5. The molecule has 0 bridgehead atoms. The second-order valence-corrected chi connectivity index (χ2v) is 8.12. The number of para-hydroxylation sites is 1. The van der Waals surface area contributed by atoms with Gasteiger partial charge in [0.2, 0.25) is 0 Å². The average molecular weight is 438 g/mol. The highest BCUT2D eigenvalue weighted by Crippen LogP contribution is 2.35. The summed E-state index contributed by atoms with van der Waals surface area (Å²) in [5.74, 6) is -1.30. The highest BCUT2D eigenvalue weighted by molar-refractivity contribution is 5.78. The number of carboxylic acid groups (broad SMARTS) is 1. The minimum Gasteiger partial charge on any atom is -0.481 e. The van der Waals surface area contributed by atoms with Gasteiger partial charge in [0.05, 0.1) is 18.6 Å². The van der Waals surface area contributed by atoms with E-state index in [-0.39, 0.29) is 18.2 Å². The molecule has 1 heterocycles. The van der Waals surface area contributed by atoms with Crippen LogP contribution in [0.2, 0.25) is 0 Å². The van der Waals surface area contributed by atoms with E-state index in [9.17, 15) is 19.4 Å². The van der Waals surface area contributed by atoms with Gasteiger partial charge in [0.25, 0.3) is 0 Å². The van der Waals surface area contributed by atoms with Crippen LogP contribution in [0.1, 0.15) is 43.9 Å². The largest absolute Gasteiger partial charge is 0.481 e. The van der Waals surface area contributed by atoms with E-state index in [0.717, 1.165) is 28.1 Å². The quantitative estimate of drug-likeness (QED) is 0.440. The van der Waals surface area contributed by atoms with Crippen LogP contribution in [0.3, 0.4) is 0 Å². The summed E-state index contributed by atoms with van der Waals surface area (Å²) < 4.78 is 15.6. The van der Waals surface area contributed by atoms with Crippen molar-refractivity contribution < 1.29 is 24.5 Å². The van der Waals surface area contributed by atoms with Crippen molar-refractivity contribution in [1.29, 1.82) is 0 Å². The minimum atomic E-state index is -1.14. The van der Waals surface area contributed by atoms with E-state index in [2.05, 4.69) is 18.4 Å². The predicted octanol–water partition coefficient (Wildman–Crippen LogP) is 5.01. The van der Waals surface area contributed by atoms with Crippen molar-refractivity contribution in [2.75, 3.05) is 0 Å². The van der Waals surface area contributed by atoms with E-state index >= 15 is 0 Å². The van der Waals surface area contributed by atoms with Crippen molar-refractivity contribution in [2.24, 2.45) is 0 Å². The predicted molar refractivity (Wildman–Crippen MR) is 123 cm³/mol. The standard InChI is InChI=1S/C26H28FNO4/c1-17(2)26-23(13-12-21(29)14-22(30)15-25(31)32)24(18-8-10-19(27)11-9-18)16-28(26)20-6-4-3-5-7-20/h3-13,16-17,21-22,29-30H,14-15H2,1-2H3,(H,31,32)/b13-12+. The van der Waals surface area contributed by atoms with Crippen molar-refractivity contribution in [3.8, 4) is 16.8 Å². The number of aromatic nitrogens is 1. The first kappa shape index (κ1) is 23.4. The van der Waals surface area contributed by atoms with E-state index in [1.54, 1.807) is 24.3 Å². The number of aliphatic hydroxyl groups excluding tert-OH is 2. The molecule has 5 nitrogen and oxygen atoms in total. The summed E-state index contributed by atoms with van der Waals surface area (Å²) in [5, 5.41) is 29.0. The van der Waals surface area contributed by atoms with E-state index in [1.165, 1.54) is 12.1 Å². The number of carbonyl (C=O) groups is 1. The maximum Gasteiger partial charge on any atom is 0.305 e. The van der Waals surface area contributed by atoms with Crippen LogP contribution in [-0.2, 0) is 4.79 Å². The number of hydrogen-bond acceptors (Lipinski definition) is 3. The van der Waals surface area contributed by atoms with E-state index in [0.29, 0.717) is 0 Å². The maximum atomic E-state index is 13.5. The first-order valence-electron chi connectivity index (χ1n) is 10.6. The second-order valence-electron chi connectivity index (χ2n) is 8.12. The van der Waals surface area contributed by atoms with E-state index in [1.807, 2.05) is 36.5 Å². The molecule has 0 aliphatic rings. The summed E-state index contributed by atoms with van der Waals surface area (Å²) in [5.41, 5.74) is 4.60. The number of aliphatic carboxylic acids is 1. The summed E-state index contributed by atoms with van der Waals surface area (Å²) in [6, 6.07) is 16.1. The zero-order chi connectivity index (χ0) is 23.3. The molecular weight excluding hydrogens is 409 g/mol. The van der Waals surface area contributed by atoms with Crippen molar-refractivity contribution in [1.82, 2.24) is 4.57 Å². The molecule has 0 aliphatic heterocycles. The third kappa shape index (κ3) is 5.72. The van der Waals surface area contributed by atoms with Gasteiger partial charge in [-0.2, -0.15) is 0 Å². The third-order valence-corrected chi connectivity index (χ3v) is 5.23.